The number of carbonyl (C=O) groups is 1. The Kier molecular flexibility index (Phi) is 7.14. The Labute approximate surface area is 130 Å². The highest BCUT2D eigenvalue weighted by molar-refractivity contribution is 5.85. The second-order valence-electron chi connectivity index (χ2n) is 7.03. The van der Waals surface area contributed by atoms with Crippen molar-refractivity contribution in [2.24, 2.45) is 23.5 Å². The number of nitrogens with zero attached hydrogens (tertiary/aromatic N) is 1. The Balaban J connectivity index is 2.81. The second-order valence-corrected chi connectivity index (χ2v) is 7.03. The maximum absolute atomic E-state index is 12.3. The van der Waals surface area contributed by atoms with Crippen LogP contribution in [-0.4, -0.2) is 42.5 Å². The molecule has 0 aromatic carbocycles. The Morgan fingerprint density at radius 3 is 2.43 bits per heavy atom. The topological polar surface area (TPSA) is 58.4 Å². The van der Waals surface area contributed by atoms with Crippen LogP contribution in [0.4, 0.5) is 0 Å². The Hall–Kier alpha value is -0.610. The van der Waals surface area contributed by atoms with Crippen molar-refractivity contribution < 1.29 is 4.79 Å². The average Bonchev–Trinajstić information content (AvgIpc) is 2.43. The first-order chi connectivity index (χ1) is 9.87. The first-order valence-electron chi connectivity index (χ1n) is 8.64. The fourth-order valence-electron chi connectivity index (χ4n) is 3.97. The van der Waals surface area contributed by atoms with Gasteiger partial charge in [0, 0.05) is 13.1 Å². The van der Waals surface area contributed by atoms with E-state index in [4.69, 9.17) is 5.73 Å². The van der Waals surface area contributed by atoms with E-state index in [2.05, 4.69) is 44.8 Å². The van der Waals surface area contributed by atoms with Crippen LogP contribution in [0.2, 0.25) is 0 Å². The lowest BCUT2D eigenvalue weighted by Crippen LogP contribution is -2.64. The quantitative estimate of drug-likeness (QED) is 0.722. The van der Waals surface area contributed by atoms with Gasteiger partial charge in [-0.2, -0.15) is 0 Å². The van der Waals surface area contributed by atoms with Crippen LogP contribution in [0.3, 0.4) is 0 Å². The summed E-state index contributed by atoms with van der Waals surface area (Å²) in [5.74, 6) is 1.23. The number of nitrogens with two attached hydrogens (primary N) is 1. The number of rotatable bonds is 8. The molecule has 0 saturated heterocycles. The number of amides is 1. The zero-order chi connectivity index (χ0) is 16.0. The molecule has 1 amide bonds. The molecule has 21 heavy (non-hydrogen) atoms. The summed E-state index contributed by atoms with van der Waals surface area (Å²) in [5.41, 5.74) is 5.34. The standard InChI is InChI=1S/C17H35N3O/c1-6-20(7-2)11-10-19-17(16(18)21)12-14(5)8-9-15(17)13(3)4/h13-15,19H,6-12H2,1-5H3,(H2,18,21). The predicted octanol–water partition coefficient (Wildman–Crippen LogP) is 2.23. The zero-order valence-electron chi connectivity index (χ0n) is 14.6. The van der Waals surface area contributed by atoms with Crippen molar-refractivity contribution >= 4 is 5.91 Å². The highest BCUT2D eigenvalue weighted by atomic mass is 16.1. The van der Waals surface area contributed by atoms with Gasteiger partial charge in [-0.1, -0.05) is 41.0 Å². The largest absolute Gasteiger partial charge is 0.368 e. The average molecular weight is 297 g/mol. The molecule has 4 heteroatoms. The molecule has 1 aliphatic carbocycles. The predicted molar refractivity (Wildman–Crippen MR) is 89.1 cm³/mol. The molecule has 0 heterocycles. The lowest BCUT2D eigenvalue weighted by atomic mass is 9.64. The molecule has 1 fully saturated rings. The SMILES string of the molecule is CCN(CC)CCNC1(C(N)=O)CC(C)CCC1C(C)C. The molecule has 0 radical (unpaired) electrons. The molecule has 3 atom stereocenters. The van der Waals surface area contributed by atoms with Crippen LogP contribution >= 0.6 is 0 Å². The zero-order valence-corrected chi connectivity index (χ0v) is 14.6. The van der Waals surface area contributed by atoms with Gasteiger partial charge in [0.2, 0.25) is 5.91 Å². The summed E-state index contributed by atoms with van der Waals surface area (Å²) in [6.07, 6.45) is 3.18. The Morgan fingerprint density at radius 1 is 1.33 bits per heavy atom. The van der Waals surface area contributed by atoms with Crippen molar-refractivity contribution in [2.45, 2.75) is 59.4 Å². The molecule has 0 aromatic rings. The third kappa shape index (κ3) is 4.43. The van der Waals surface area contributed by atoms with Gasteiger partial charge in [-0.3, -0.25) is 4.79 Å². The van der Waals surface area contributed by atoms with Crippen LogP contribution < -0.4 is 11.1 Å². The maximum Gasteiger partial charge on any atom is 0.238 e. The maximum atomic E-state index is 12.3. The number of carbonyl (C=O) groups excluding carboxylic acids is 1. The van der Waals surface area contributed by atoms with Crippen LogP contribution in [-0.2, 0) is 4.79 Å². The van der Waals surface area contributed by atoms with Gasteiger partial charge in [-0.15, -0.1) is 0 Å². The highest BCUT2D eigenvalue weighted by Gasteiger charge is 2.48. The summed E-state index contributed by atoms with van der Waals surface area (Å²) in [5, 5.41) is 3.58. The van der Waals surface area contributed by atoms with Gasteiger partial charge in [-0.05, 0) is 43.7 Å². The first kappa shape index (κ1) is 18.4. The third-order valence-corrected chi connectivity index (χ3v) is 5.28. The molecular formula is C17H35N3O. The molecule has 0 aromatic heterocycles. The van der Waals surface area contributed by atoms with Crippen molar-refractivity contribution in [3.05, 3.63) is 0 Å². The minimum absolute atomic E-state index is 0.160. The van der Waals surface area contributed by atoms with E-state index < -0.39 is 5.54 Å². The summed E-state index contributed by atoms with van der Waals surface area (Å²) < 4.78 is 0. The van der Waals surface area contributed by atoms with E-state index in [-0.39, 0.29) is 5.91 Å². The van der Waals surface area contributed by atoms with Crippen LogP contribution in [0, 0.1) is 17.8 Å². The minimum atomic E-state index is -0.515. The highest BCUT2D eigenvalue weighted by Crippen LogP contribution is 2.40. The van der Waals surface area contributed by atoms with Crippen molar-refractivity contribution in [2.75, 3.05) is 26.2 Å². The van der Waals surface area contributed by atoms with Gasteiger partial charge in [-0.25, -0.2) is 0 Å². The Bertz CT molecular complexity index is 328. The van der Waals surface area contributed by atoms with Gasteiger partial charge >= 0.3 is 0 Å². The second kappa shape index (κ2) is 8.14. The van der Waals surface area contributed by atoms with E-state index >= 15 is 0 Å². The van der Waals surface area contributed by atoms with Gasteiger partial charge < -0.3 is 16.0 Å². The van der Waals surface area contributed by atoms with Gasteiger partial charge in [0.1, 0.15) is 5.54 Å². The molecule has 1 saturated carbocycles. The van der Waals surface area contributed by atoms with E-state index in [1.165, 1.54) is 6.42 Å². The summed E-state index contributed by atoms with van der Waals surface area (Å²) in [7, 11) is 0. The fraction of sp³-hybridized carbons (Fsp3) is 0.941. The monoisotopic (exact) mass is 297 g/mol. The van der Waals surface area contributed by atoms with E-state index in [0.29, 0.717) is 17.8 Å². The van der Waals surface area contributed by atoms with Gasteiger partial charge in [0.15, 0.2) is 0 Å². The molecule has 3 unspecified atom stereocenters. The third-order valence-electron chi connectivity index (χ3n) is 5.28. The summed E-state index contributed by atoms with van der Waals surface area (Å²) in [6, 6.07) is 0. The van der Waals surface area contributed by atoms with Crippen molar-refractivity contribution in [1.29, 1.82) is 0 Å². The van der Waals surface area contributed by atoms with Crippen LogP contribution in [0.25, 0.3) is 0 Å². The number of hydrogen-bond acceptors (Lipinski definition) is 3. The number of primary amides is 1. The number of likely N-dealkylation sites (N-methyl/N-ethyl adjacent to an activating group) is 1. The van der Waals surface area contributed by atoms with Crippen LogP contribution in [0.15, 0.2) is 0 Å². The molecule has 0 aliphatic heterocycles. The molecule has 0 spiro atoms. The minimum Gasteiger partial charge on any atom is -0.368 e. The fourth-order valence-corrected chi connectivity index (χ4v) is 3.97. The Morgan fingerprint density at radius 2 is 1.95 bits per heavy atom. The normalized spacial score (nSPS) is 30.0. The van der Waals surface area contributed by atoms with Crippen LogP contribution in [0.5, 0.6) is 0 Å². The molecule has 3 N–H and O–H groups in total. The molecule has 4 nitrogen and oxygen atoms in total. The van der Waals surface area contributed by atoms with Crippen LogP contribution in [0.1, 0.15) is 53.9 Å². The summed E-state index contributed by atoms with van der Waals surface area (Å²) >= 11 is 0. The summed E-state index contributed by atoms with van der Waals surface area (Å²) in [6.45, 7) is 14.9. The van der Waals surface area contributed by atoms with E-state index in [1.54, 1.807) is 0 Å². The van der Waals surface area contributed by atoms with Gasteiger partial charge in [0.25, 0.3) is 0 Å². The molecule has 0 bridgehead atoms. The smallest absolute Gasteiger partial charge is 0.238 e. The lowest BCUT2D eigenvalue weighted by Gasteiger charge is -2.47. The molecule has 1 rings (SSSR count). The van der Waals surface area contributed by atoms with E-state index in [0.717, 1.165) is 39.0 Å². The van der Waals surface area contributed by atoms with E-state index in [1.807, 2.05) is 0 Å². The number of hydrogen-bond donors (Lipinski definition) is 2. The van der Waals surface area contributed by atoms with Gasteiger partial charge in [0.05, 0.1) is 0 Å². The van der Waals surface area contributed by atoms with Crippen molar-refractivity contribution in [1.82, 2.24) is 10.2 Å². The lowest BCUT2D eigenvalue weighted by molar-refractivity contribution is -0.130. The van der Waals surface area contributed by atoms with E-state index in [9.17, 15) is 4.79 Å². The number of nitrogens with one attached hydrogen (secondary N) is 1. The van der Waals surface area contributed by atoms with Crippen molar-refractivity contribution in [3.63, 3.8) is 0 Å². The van der Waals surface area contributed by atoms with Crippen molar-refractivity contribution in [3.8, 4) is 0 Å². The molecule has 124 valence electrons. The summed E-state index contributed by atoms with van der Waals surface area (Å²) in [4.78, 5) is 14.7. The first-order valence-corrected chi connectivity index (χ1v) is 8.64. The molecule has 1 aliphatic rings. The molecular weight excluding hydrogens is 262 g/mol.